The first-order valence-corrected chi connectivity index (χ1v) is 21.1. The highest BCUT2D eigenvalue weighted by atomic mass is 32.1. The van der Waals surface area contributed by atoms with Gasteiger partial charge in [0.25, 0.3) is 0 Å². The third kappa shape index (κ3) is 5.01. The van der Waals surface area contributed by atoms with Gasteiger partial charge in [0.1, 0.15) is 22.3 Å². The van der Waals surface area contributed by atoms with E-state index in [1.807, 2.05) is 11.3 Å². The fraction of sp³-hybridized carbons (Fsp3) is 0. The SMILES string of the molecule is c1ccc(N(c2ccc(-c3cccc4c3sc3ccccc34)cc2)c2cccc3oc4c5ccccc5ccc4c23)c(-c2ccc3oc4cc5ccccc5cc4c3c2)c1. The molecule has 4 heteroatoms. The third-order valence-corrected chi connectivity index (χ3v) is 13.5. The van der Waals surface area contributed by atoms with E-state index in [0.29, 0.717) is 0 Å². The zero-order chi connectivity index (χ0) is 39.3. The number of para-hydroxylation sites is 1. The largest absolute Gasteiger partial charge is 0.456 e. The van der Waals surface area contributed by atoms with Crippen molar-refractivity contribution in [3.8, 4) is 22.3 Å². The molecule has 0 radical (unpaired) electrons. The summed E-state index contributed by atoms with van der Waals surface area (Å²) in [6, 6.07) is 72.1. The van der Waals surface area contributed by atoms with Gasteiger partial charge in [0.2, 0.25) is 0 Å². The maximum absolute atomic E-state index is 6.76. The van der Waals surface area contributed by atoms with Gasteiger partial charge in [0.05, 0.1) is 16.8 Å². The first kappa shape index (κ1) is 33.3. The average Bonchev–Trinajstić information content (AvgIpc) is 4.00. The molecule has 0 saturated heterocycles. The minimum Gasteiger partial charge on any atom is -0.456 e. The molecular formula is C56H33NO2S. The smallest absolute Gasteiger partial charge is 0.143 e. The van der Waals surface area contributed by atoms with E-state index in [9.17, 15) is 0 Å². The molecule has 0 amide bonds. The molecule has 0 bridgehead atoms. The van der Waals surface area contributed by atoms with Crippen LogP contribution in [0.25, 0.3) is 108 Å². The van der Waals surface area contributed by atoms with Crippen molar-refractivity contribution in [3.63, 3.8) is 0 Å². The summed E-state index contributed by atoms with van der Waals surface area (Å²) in [6.45, 7) is 0. The number of anilines is 3. The van der Waals surface area contributed by atoms with Crippen molar-refractivity contribution in [1.82, 2.24) is 0 Å². The van der Waals surface area contributed by atoms with Gasteiger partial charge in [-0.1, -0.05) is 133 Å². The molecule has 0 atom stereocenters. The van der Waals surface area contributed by atoms with E-state index in [0.717, 1.165) is 82.8 Å². The number of hydrogen-bond acceptors (Lipinski definition) is 4. The minimum atomic E-state index is 0.855. The molecule has 3 nitrogen and oxygen atoms in total. The van der Waals surface area contributed by atoms with Crippen molar-refractivity contribution in [2.24, 2.45) is 0 Å². The molecule has 0 aliphatic carbocycles. The molecule has 0 aliphatic heterocycles. The van der Waals surface area contributed by atoms with Crippen molar-refractivity contribution in [1.29, 1.82) is 0 Å². The number of hydrogen-bond donors (Lipinski definition) is 0. The number of benzene rings is 10. The lowest BCUT2D eigenvalue weighted by Crippen LogP contribution is -2.11. The number of nitrogens with zero attached hydrogens (tertiary/aromatic N) is 1. The molecule has 0 N–H and O–H groups in total. The lowest BCUT2D eigenvalue weighted by molar-refractivity contribution is 0.669. The molecule has 0 spiro atoms. The van der Waals surface area contributed by atoms with E-state index in [1.165, 1.54) is 42.1 Å². The molecule has 3 aromatic heterocycles. The Labute approximate surface area is 348 Å². The molecule has 13 aromatic rings. The van der Waals surface area contributed by atoms with Crippen molar-refractivity contribution in [3.05, 3.63) is 200 Å². The van der Waals surface area contributed by atoms with Crippen LogP contribution in [0.4, 0.5) is 17.1 Å². The maximum Gasteiger partial charge on any atom is 0.143 e. The van der Waals surface area contributed by atoms with Crippen LogP contribution < -0.4 is 4.90 Å². The molecule has 0 saturated carbocycles. The Hall–Kier alpha value is -7.66. The van der Waals surface area contributed by atoms with E-state index in [2.05, 4.69) is 205 Å². The molecule has 13 rings (SSSR count). The normalized spacial score (nSPS) is 12.0. The molecule has 0 fully saturated rings. The van der Waals surface area contributed by atoms with Crippen LogP contribution in [0.15, 0.2) is 209 Å². The summed E-state index contributed by atoms with van der Waals surface area (Å²) in [7, 11) is 0. The molecule has 60 heavy (non-hydrogen) atoms. The van der Waals surface area contributed by atoms with Crippen LogP contribution in [0, 0.1) is 0 Å². The van der Waals surface area contributed by atoms with Crippen molar-refractivity contribution in [2.45, 2.75) is 0 Å². The van der Waals surface area contributed by atoms with Crippen molar-refractivity contribution in [2.75, 3.05) is 4.90 Å². The number of rotatable bonds is 5. The Kier molecular flexibility index (Phi) is 7.18. The van der Waals surface area contributed by atoms with E-state index in [4.69, 9.17) is 8.83 Å². The Balaban J connectivity index is 1.03. The standard InChI is InChI=1S/C56H33NO2S/c1-2-13-37-33-52-47(31-36(37)12-1)46-32-38(26-30-50(46)58-52)40-14-5-7-19-48(40)57(49-20-10-21-51-54(49)45-29-25-34-11-3-4-15-41(34)55(45)59-51)39-27-23-35(24-28-39)42-17-9-18-44-43-16-6-8-22-53(43)60-56(42)44/h1-33H. The molecule has 0 aliphatic rings. The predicted molar refractivity (Wildman–Crippen MR) is 254 cm³/mol. The molecule has 280 valence electrons. The van der Waals surface area contributed by atoms with E-state index < -0.39 is 0 Å². The summed E-state index contributed by atoms with van der Waals surface area (Å²) in [5.41, 5.74) is 11.4. The monoisotopic (exact) mass is 783 g/mol. The second-order valence-corrected chi connectivity index (χ2v) is 16.7. The van der Waals surface area contributed by atoms with Gasteiger partial charge in [-0.25, -0.2) is 0 Å². The van der Waals surface area contributed by atoms with Gasteiger partial charge >= 0.3 is 0 Å². The average molecular weight is 784 g/mol. The Morgan fingerprint density at radius 1 is 0.367 bits per heavy atom. The van der Waals surface area contributed by atoms with Crippen LogP contribution in [0.1, 0.15) is 0 Å². The summed E-state index contributed by atoms with van der Waals surface area (Å²) in [5, 5.41) is 11.6. The van der Waals surface area contributed by atoms with Gasteiger partial charge in [-0.3, -0.25) is 0 Å². The maximum atomic E-state index is 6.76. The topological polar surface area (TPSA) is 29.5 Å². The van der Waals surface area contributed by atoms with E-state index in [-0.39, 0.29) is 0 Å². The quantitative estimate of drug-likeness (QED) is 0.174. The van der Waals surface area contributed by atoms with Crippen molar-refractivity contribution < 1.29 is 8.83 Å². The van der Waals surface area contributed by atoms with Gasteiger partial charge < -0.3 is 13.7 Å². The minimum absolute atomic E-state index is 0.855. The first-order valence-electron chi connectivity index (χ1n) is 20.3. The van der Waals surface area contributed by atoms with Crippen LogP contribution in [0.5, 0.6) is 0 Å². The number of fused-ring (bicyclic) bond motifs is 12. The Bertz CT molecular complexity index is 3850. The zero-order valence-corrected chi connectivity index (χ0v) is 33.0. The second kappa shape index (κ2) is 12.9. The summed E-state index contributed by atoms with van der Waals surface area (Å²) in [6.07, 6.45) is 0. The van der Waals surface area contributed by atoms with Crippen LogP contribution >= 0.6 is 11.3 Å². The lowest BCUT2D eigenvalue weighted by atomic mass is 9.98. The van der Waals surface area contributed by atoms with Gasteiger partial charge in [0.15, 0.2) is 0 Å². The van der Waals surface area contributed by atoms with Crippen LogP contribution in [-0.4, -0.2) is 0 Å². The zero-order valence-electron chi connectivity index (χ0n) is 32.2. The highest BCUT2D eigenvalue weighted by Gasteiger charge is 2.23. The first-order chi connectivity index (χ1) is 29.7. The summed E-state index contributed by atoms with van der Waals surface area (Å²) in [4.78, 5) is 2.41. The summed E-state index contributed by atoms with van der Waals surface area (Å²) < 4.78 is 15.8. The van der Waals surface area contributed by atoms with Crippen LogP contribution in [0.3, 0.4) is 0 Å². The van der Waals surface area contributed by atoms with E-state index in [1.54, 1.807) is 0 Å². The third-order valence-electron chi connectivity index (χ3n) is 12.2. The fourth-order valence-electron chi connectivity index (χ4n) is 9.44. The Morgan fingerprint density at radius 2 is 1.05 bits per heavy atom. The predicted octanol–water partition coefficient (Wildman–Crippen LogP) is 17.0. The highest BCUT2D eigenvalue weighted by Crippen LogP contribution is 2.48. The van der Waals surface area contributed by atoms with Gasteiger partial charge in [-0.15, -0.1) is 11.3 Å². The summed E-state index contributed by atoms with van der Waals surface area (Å²) in [5.74, 6) is 0. The highest BCUT2D eigenvalue weighted by molar-refractivity contribution is 7.26. The van der Waals surface area contributed by atoms with Gasteiger partial charge in [0, 0.05) is 53.0 Å². The van der Waals surface area contributed by atoms with Gasteiger partial charge in [-0.05, 0) is 99.6 Å². The molecular weight excluding hydrogens is 751 g/mol. The fourth-order valence-corrected chi connectivity index (χ4v) is 10.7. The second-order valence-electron chi connectivity index (χ2n) is 15.6. The van der Waals surface area contributed by atoms with Crippen LogP contribution in [0.2, 0.25) is 0 Å². The van der Waals surface area contributed by atoms with Crippen LogP contribution in [-0.2, 0) is 0 Å². The lowest BCUT2D eigenvalue weighted by Gasteiger charge is -2.28. The molecule has 3 heterocycles. The number of thiophene rings is 1. The number of furan rings is 2. The van der Waals surface area contributed by atoms with Crippen molar-refractivity contribution >= 4 is 114 Å². The van der Waals surface area contributed by atoms with Gasteiger partial charge in [-0.2, -0.15) is 0 Å². The Morgan fingerprint density at radius 3 is 1.95 bits per heavy atom. The molecule has 0 unspecified atom stereocenters. The molecule has 10 aromatic carbocycles. The summed E-state index contributed by atoms with van der Waals surface area (Å²) >= 11 is 1.87. The van der Waals surface area contributed by atoms with E-state index >= 15 is 0 Å².